The number of fused-ring (bicyclic) bond motifs is 1. The molecule has 0 radical (unpaired) electrons. The number of aryl methyl sites for hydroxylation is 1. The summed E-state index contributed by atoms with van der Waals surface area (Å²) in [7, 11) is -3.96. The lowest BCUT2D eigenvalue weighted by Crippen LogP contribution is -2.44. The van der Waals surface area contributed by atoms with Gasteiger partial charge in [-0.05, 0) is 73.9 Å². The number of carbonyl (C=O) groups is 1. The van der Waals surface area contributed by atoms with Gasteiger partial charge in [0.05, 0.1) is 21.5 Å². The first-order valence-corrected chi connectivity index (χ1v) is 13.7. The maximum Gasteiger partial charge on any atom is 0.243 e. The first kappa shape index (κ1) is 25.2. The fourth-order valence-electron chi connectivity index (χ4n) is 4.13. The maximum absolute atomic E-state index is 13.6. The molecule has 0 fully saturated rings. The molecule has 0 saturated heterocycles. The summed E-state index contributed by atoms with van der Waals surface area (Å²) in [5.41, 5.74) is 3.44. The van der Waals surface area contributed by atoms with E-state index in [2.05, 4.69) is 15.9 Å². The van der Waals surface area contributed by atoms with E-state index in [0.29, 0.717) is 22.0 Å². The van der Waals surface area contributed by atoms with Crippen molar-refractivity contribution in [3.8, 4) is 0 Å². The molecule has 3 aromatic carbocycles. The topological polar surface area (TPSA) is 57.7 Å². The highest BCUT2D eigenvalue weighted by Crippen LogP contribution is 2.35. The number of anilines is 1. The smallest absolute Gasteiger partial charge is 0.243 e. The molecule has 34 heavy (non-hydrogen) atoms. The summed E-state index contributed by atoms with van der Waals surface area (Å²) in [5.74, 6) is -0.288. The van der Waals surface area contributed by atoms with Crippen LogP contribution < -0.4 is 4.90 Å². The number of hydrogen-bond acceptors (Lipinski definition) is 3. The van der Waals surface area contributed by atoms with Crippen molar-refractivity contribution in [2.45, 2.75) is 37.8 Å². The van der Waals surface area contributed by atoms with Crippen molar-refractivity contribution in [2.75, 3.05) is 11.4 Å². The highest BCUT2D eigenvalue weighted by Gasteiger charge is 2.34. The number of amides is 1. The van der Waals surface area contributed by atoms with E-state index in [-0.39, 0.29) is 29.9 Å². The molecule has 0 aromatic heterocycles. The first-order chi connectivity index (χ1) is 16.1. The van der Waals surface area contributed by atoms with Crippen molar-refractivity contribution in [2.24, 2.45) is 0 Å². The summed E-state index contributed by atoms with van der Waals surface area (Å²) in [6.45, 7) is 3.52. The van der Waals surface area contributed by atoms with Gasteiger partial charge in [-0.2, -0.15) is 4.31 Å². The maximum atomic E-state index is 13.6. The van der Waals surface area contributed by atoms with Gasteiger partial charge >= 0.3 is 0 Å². The second kappa shape index (κ2) is 9.99. The number of rotatable bonds is 6. The minimum Gasteiger partial charge on any atom is -0.308 e. The highest BCUT2D eigenvalue weighted by atomic mass is 79.9. The Labute approximate surface area is 218 Å². The summed E-state index contributed by atoms with van der Waals surface area (Å²) in [6.07, 6.45) is 0.706. The molecule has 1 atom stereocenters. The van der Waals surface area contributed by atoms with E-state index in [0.717, 1.165) is 21.3 Å². The van der Waals surface area contributed by atoms with Crippen molar-refractivity contribution in [1.82, 2.24) is 4.31 Å². The predicted molar refractivity (Wildman–Crippen MR) is 140 cm³/mol. The third-order valence-electron chi connectivity index (χ3n) is 5.84. The van der Waals surface area contributed by atoms with E-state index in [4.69, 9.17) is 23.2 Å². The van der Waals surface area contributed by atoms with Gasteiger partial charge in [0.1, 0.15) is 0 Å². The zero-order valence-electron chi connectivity index (χ0n) is 18.6. The van der Waals surface area contributed by atoms with Gasteiger partial charge in [-0.15, -0.1) is 0 Å². The normalized spacial score (nSPS) is 15.6. The summed E-state index contributed by atoms with van der Waals surface area (Å²) < 4.78 is 29.4. The van der Waals surface area contributed by atoms with E-state index >= 15 is 0 Å². The number of hydrogen-bond donors (Lipinski definition) is 0. The van der Waals surface area contributed by atoms with E-state index in [9.17, 15) is 13.2 Å². The quantitative estimate of drug-likeness (QED) is 0.346. The van der Waals surface area contributed by atoms with E-state index in [1.54, 1.807) is 47.4 Å². The fourth-order valence-corrected chi connectivity index (χ4v) is 6.24. The molecule has 4 rings (SSSR count). The average Bonchev–Trinajstić information content (AvgIpc) is 3.10. The largest absolute Gasteiger partial charge is 0.308 e. The standard InChI is InChI=1S/C25H23BrCl2N2O3S/c1-16-3-7-21(8-4-16)34(32,33)29(14-18-5-9-22(27)23(28)12-18)15-25(31)30-17(2)11-19-13-20(26)6-10-24(19)30/h3-10,12-13,17H,11,14-15H2,1-2H3/t17-/m1/s1. The van der Waals surface area contributed by atoms with Crippen LogP contribution in [-0.4, -0.2) is 31.2 Å². The van der Waals surface area contributed by atoms with Crippen LogP contribution in [0.1, 0.15) is 23.6 Å². The Kier molecular flexibility index (Phi) is 7.41. The average molecular weight is 582 g/mol. The molecular formula is C25H23BrCl2N2O3S. The highest BCUT2D eigenvalue weighted by molar-refractivity contribution is 9.10. The van der Waals surface area contributed by atoms with Crippen LogP contribution >= 0.6 is 39.1 Å². The molecule has 0 N–H and O–H groups in total. The van der Waals surface area contributed by atoms with Crippen molar-refractivity contribution in [3.63, 3.8) is 0 Å². The molecule has 0 aliphatic carbocycles. The Morgan fingerprint density at radius 3 is 2.44 bits per heavy atom. The Morgan fingerprint density at radius 2 is 1.76 bits per heavy atom. The van der Waals surface area contributed by atoms with Crippen LogP contribution in [0.5, 0.6) is 0 Å². The van der Waals surface area contributed by atoms with Gasteiger partial charge in [-0.1, -0.05) is 62.9 Å². The zero-order chi connectivity index (χ0) is 24.6. The van der Waals surface area contributed by atoms with Crippen molar-refractivity contribution in [1.29, 1.82) is 0 Å². The third-order valence-corrected chi connectivity index (χ3v) is 8.88. The SMILES string of the molecule is Cc1ccc(S(=O)(=O)N(CC(=O)N2c3ccc(Br)cc3C[C@H]2C)Cc2ccc(Cl)c(Cl)c2)cc1. The molecule has 0 unspecified atom stereocenters. The second-order valence-corrected chi connectivity index (χ2v) is 12.1. The van der Waals surface area contributed by atoms with Gasteiger partial charge in [0.25, 0.3) is 0 Å². The van der Waals surface area contributed by atoms with Crippen LogP contribution in [0.25, 0.3) is 0 Å². The minimum atomic E-state index is -3.96. The van der Waals surface area contributed by atoms with E-state index in [1.807, 2.05) is 32.0 Å². The number of halogens is 3. The van der Waals surface area contributed by atoms with Crippen molar-refractivity contribution >= 4 is 60.7 Å². The van der Waals surface area contributed by atoms with E-state index < -0.39 is 10.0 Å². The van der Waals surface area contributed by atoms with Crippen LogP contribution in [0.15, 0.2) is 70.0 Å². The summed E-state index contributed by atoms with van der Waals surface area (Å²) in [6, 6.07) is 17.2. The Morgan fingerprint density at radius 1 is 1.06 bits per heavy atom. The Hall–Kier alpha value is -1.90. The molecule has 0 spiro atoms. The molecule has 178 valence electrons. The molecule has 1 amide bonds. The van der Waals surface area contributed by atoms with Crippen LogP contribution in [0.4, 0.5) is 5.69 Å². The van der Waals surface area contributed by atoms with Gasteiger partial charge in [0.2, 0.25) is 15.9 Å². The third kappa shape index (κ3) is 5.19. The second-order valence-electron chi connectivity index (χ2n) is 8.42. The molecule has 0 saturated carbocycles. The summed E-state index contributed by atoms with van der Waals surface area (Å²) >= 11 is 15.7. The van der Waals surface area contributed by atoms with Gasteiger partial charge in [0.15, 0.2) is 0 Å². The predicted octanol–water partition coefficient (Wildman–Crippen LogP) is 6.23. The van der Waals surface area contributed by atoms with Gasteiger partial charge in [0, 0.05) is 22.7 Å². The lowest BCUT2D eigenvalue weighted by Gasteiger charge is -2.28. The molecule has 1 aliphatic heterocycles. The molecule has 3 aromatic rings. The molecule has 5 nitrogen and oxygen atoms in total. The first-order valence-electron chi connectivity index (χ1n) is 10.7. The van der Waals surface area contributed by atoms with E-state index in [1.165, 1.54) is 4.31 Å². The number of sulfonamides is 1. The molecule has 0 bridgehead atoms. The van der Waals surface area contributed by atoms with Crippen LogP contribution in [0, 0.1) is 6.92 Å². The summed E-state index contributed by atoms with van der Waals surface area (Å²) in [4.78, 5) is 15.3. The van der Waals surface area contributed by atoms with Gasteiger partial charge in [-0.3, -0.25) is 4.79 Å². The monoisotopic (exact) mass is 580 g/mol. The Bertz CT molecular complexity index is 1350. The van der Waals surface area contributed by atoms with Crippen LogP contribution in [0.3, 0.4) is 0 Å². The lowest BCUT2D eigenvalue weighted by atomic mass is 10.1. The Balaban J connectivity index is 1.68. The lowest BCUT2D eigenvalue weighted by molar-refractivity contribution is -0.119. The fraction of sp³-hybridized carbons (Fsp3) is 0.240. The minimum absolute atomic E-state index is 0.0196. The van der Waals surface area contributed by atoms with Gasteiger partial charge in [-0.25, -0.2) is 8.42 Å². The van der Waals surface area contributed by atoms with Crippen LogP contribution in [-0.2, 0) is 27.8 Å². The molecule has 1 aliphatic rings. The van der Waals surface area contributed by atoms with Crippen molar-refractivity contribution in [3.05, 3.63) is 91.9 Å². The van der Waals surface area contributed by atoms with Gasteiger partial charge < -0.3 is 4.90 Å². The van der Waals surface area contributed by atoms with Crippen molar-refractivity contribution < 1.29 is 13.2 Å². The number of nitrogens with zero attached hydrogens (tertiary/aromatic N) is 2. The molecule has 1 heterocycles. The zero-order valence-corrected chi connectivity index (χ0v) is 22.5. The van der Waals surface area contributed by atoms with Crippen LogP contribution in [0.2, 0.25) is 10.0 Å². The molecule has 9 heteroatoms. The summed E-state index contributed by atoms with van der Waals surface area (Å²) in [5, 5.41) is 0.703. The number of carbonyl (C=O) groups excluding carboxylic acids is 1. The number of benzene rings is 3. The molecular weight excluding hydrogens is 559 g/mol.